The molecule has 2 nitrogen and oxygen atoms in total. The topological polar surface area (TPSA) is 6.48 Å². The number of anilines is 6. The van der Waals surface area contributed by atoms with Gasteiger partial charge in [-0.05, 0) is 181 Å². The molecule has 14 aromatic rings. The third kappa shape index (κ3) is 14.0. The summed E-state index contributed by atoms with van der Waals surface area (Å²) in [6.45, 7) is 59.0. The van der Waals surface area contributed by atoms with Gasteiger partial charge in [0.2, 0.25) is 0 Å². The zero-order valence-electron chi connectivity index (χ0n) is 68.0. The molecule has 0 aliphatic heterocycles. The number of hydrogen-bond acceptors (Lipinski definition) is 2. The Balaban J connectivity index is 1.22. The van der Waals surface area contributed by atoms with E-state index in [9.17, 15) is 0 Å². The first kappa shape index (κ1) is 74.0. The molecule has 0 amide bonds. The van der Waals surface area contributed by atoms with E-state index in [1.165, 1.54) is 175 Å². The minimum Gasteiger partial charge on any atom is -0.309 e. The van der Waals surface area contributed by atoms with Gasteiger partial charge in [0.15, 0.2) is 0 Å². The van der Waals surface area contributed by atoms with Gasteiger partial charge in [-0.2, -0.15) is 0 Å². The van der Waals surface area contributed by atoms with Crippen molar-refractivity contribution in [3.05, 3.63) is 265 Å². The van der Waals surface area contributed by atoms with Crippen LogP contribution in [0.3, 0.4) is 0 Å². The number of fused-ring (bicyclic) bond motifs is 6. The summed E-state index contributed by atoms with van der Waals surface area (Å²) in [6.07, 6.45) is 0. The summed E-state index contributed by atoms with van der Waals surface area (Å²) in [7, 11) is -7.77. The average Bonchev–Trinajstić information content (AvgIpc) is 0.701. The molecule has 0 spiro atoms. The van der Waals surface area contributed by atoms with E-state index < -0.39 is 32.3 Å². The van der Waals surface area contributed by atoms with E-state index in [4.69, 9.17) is 0 Å². The van der Waals surface area contributed by atoms with Gasteiger partial charge in [-0.15, -0.1) is 0 Å². The minimum absolute atomic E-state index is 0.143. The number of benzene rings is 14. The van der Waals surface area contributed by atoms with Gasteiger partial charge in [0.1, 0.15) is 0 Å². The molecular formula is C100H112N2Si4. The van der Waals surface area contributed by atoms with Gasteiger partial charge in [-0.1, -0.05) is 364 Å². The van der Waals surface area contributed by atoms with Gasteiger partial charge >= 0.3 is 0 Å². The molecule has 0 fully saturated rings. The van der Waals surface area contributed by atoms with E-state index in [2.05, 4.69) is 414 Å². The lowest BCUT2D eigenvalue weighted by atomic mass is 9.79. The van der Waals surface area contributed by atoms with Crippen molar-refractivity contribution in [2.75, 3.05) is 9.80 Å². The van der Waals surface area contributed by atoms with Crippen molar-refractivity contribution in [3.63, 3.8) is 0 Å². The van der Waals surface area contributed by atoms with E-state index in [0.717, 1.165) is 0 Å². The van der Waals surface area contributed by atoms with Crippen LogP contribution in [0.15, 0.2) is 243 Å². The molecule has 538 valence electrons. The van der Waals surface area contributed by atoms with E-state index in [1.54, 1.807) is 0 Å². The van der Waals surface area contributed by atoms with Crippen LogP contribution in [0.25, 0.3) is 98.0 Å². The summed E-state index contributed by atoms with van der Waals surface area (Å²) in [4.78, 5) is 5.49. The maximum Gasteiger partial charge on any atom is 0.0776 e. The smallest absolute Gasteiger partial charge is 0.0776 e. The molecule has 0 aromatic heterocycles. The largest absolute Gasteiger partial charge is 0.309 e. The van der Waals surface area contributed by atoms with Crippen LogP contribution in [0.5, 0.6) is 0 Å². The average molecular weight is 1450 g/mol. The SMILES string of the molecule is CC(C)(C)c1cc(N(c2cc([Si](C)(C)C)cc([Si](C)(C)C)c2)c2c3ccccc3c(-c3c4ccccc4c(N(c4cc(C(C)(C)C)cc(C(C)(C)C)c4)c4cc([Si](C)(C)C)cc([Si](C)(C)C)c4)c4cc(-c5cccc6ccccc56)ccc34)c3ccc(-c4cccc5ccccc45)cc23)cc(C(C)(C)C)c1. The molecule has 14 aromatic carbocycles. The Morgan fingerprint density at radius 3 is 0.764 bits per heavy atom. The highest BCUT2D eigenvalue weighted by molar-refractivity contribution is 6.92. The highest BCUT2D eigenvalue weighted by Gasteiger charge is 2.35. The van der Waals surface area contributed by atoms with Gasteiger partial charge in [0.05, 0.1) is 43.7 Å². The fourth-order valence-electron chi connectivity index (χ4n) is 15.9. The molecule has 14 rings (SSSR count). The Morgan fingerprint density at radius 1 is 0.217 bits per heavy atom. The minimum atomic E-state index is -1.94. The fourth-order valence-corrected chi connectivity index (χ4v) is 20.8. The van der Waals surface area contributed by atoms with Gasteiger partial charge in [0, 0.05) is 44.3 Å². The van der Waals surface area contributed by atoms with E-state index >= 15 is 0 Å². The first-order valence-corrected chi connectivity index (χ1v) is 52.8. The molecule has 0 bridgehead atoms. The van der Waals surface area contributed by atoms with Crippen LogP contribution in [0.1, 0.15) is 105 Å². The van der Waals surface area contributed by atoms with Crippen molar-refractivity contribution in [2.45, 2.75) is 183 Å². The summed E-state index contributed by atoms with van der Waals surface area (Å²) < 4.78 is 0. The second-order valence-corrected chi connectivity index (χ2v) is 59.2. The molecule has 0 aliphatic rings. The molecule has 0 atom stereocenters. The Hall–Kier alpha value is -8.89. The zero-order chi connectivity index (χ0) is 75.9. The van der Waals surface area contributed by atoms with Crippen molar-refractivity contribution < 1.29 is 0 Å². The molecule has 0 N–H and O–H groups in total. The van der Waals surface area contributed by atoms with Crippen LogP contribution < -0.4 is 30.5 Å². The summed E-state index contributed by atoms with van der Waals surface area (Å²) in [6, 6.07) is 96.6. The van der Waals surface area contributed by atoms with Gasteiger partial charge < -0.3 is 9.80 Å². The van der Waals surface area contributed by atoms with Crippen LogP contribution in [0.4, 0.5) is 34.1 Å². The molecule has 6 heteroatoms. The summed E-state index contributed by atoms with van der Waals surface area (Å²) >= 11 is 0. The molecule has 0 aliphatic carbocycles. The normalized spacial score (nSPS) is 13.1. The Morgan fingerprint density at radius 2 is 0.472 bits per heavy atom. The Labute approximate surface area is 638 Å². The third-order valence-corrected chi connectivity index (χ3v) is 30.6. The lowest BCUT2D eigenvalue weighted by Crippen LogP contribution is -2.45. The van der Waals surface area contributed by atoms with Crippen molar-refractivity contribution in [2.24, 2.45) is 0 Å². The predicted octanol–water partition coefficient (Wildman–Crippen LogP) is 27.9. The second kappa shape index (κ2) is 26.5. The van der Waals surface area contributed by atoms with E-state index in [0.29, 0.717) is 0 Å². The molecular weight excluding hydrogens is 1340 g/mol. The lowest BCUT2D eigenvalue weighted by Gasteiger charge is -2.35. The number of rotatable bonds is 13. The van der Waals surface area contributed by atoms with Gasteiger partial charge in [-0.3, -0.25) is 0 Å². The van der Waals surface area contributed by atoms with Crippen LogP contribution in [0, 0.1) is 0 Å². The monoisotopic (exact) mass is 1450 g/mol. The number of hydrogen-bond donors (Lipinski definition) is 0. The third-order valence-electron chi connectivity index (χ3n) is 22.5. The van der Waals surface area contributed by atoms with Crippen molar-refractivity contribution in [1.82, 2.24) is 0 Å². The van der Waals surface area contributed by atoms with Gasteiger partial charge in [-0.25, -0.2) is 0 Å². The van der Waals surface area contributed by atoms with E-state index in [-0.39, 0.29) is 21.7 Å². The maximum atomic E-state index is 2.74. The van der Waals surface area contributed by atoms with Crippen LogP contribution in [0.2, 0.25) is 78.6 Å². The van der Waals surface area contributed by atoms with E-state index in [1.807, 2.05) is 0 Å². The molecule has 0 unspecified atom stereocenters. The standard InChI is InChI=1S/C100H112N2Si4/c1-97(2,3)69-53-70(98(4,5)6)56-73(55-69)101(75-59-77(103(13,14)15)63-78(60-75)104(16,17)18)95-89-43-31-29-41-85(89)93(87-49-47-67(51-91(87)95)83-45-33-37-65-35-25-27-39-81(65)83)94-86-42-30-32-44-90(86)96(92-52-68(48-50-88(92)94)84-46-34-38-66-36-26-28-40-82(66)84)102(74-57-71(99(7,8)9)54-72(58-74)100(10,11)12)76-61-79(105(19,20)21)64-80(62-76)106(22,23)24/h25-64H,1-24H3. The fraction of sp³-hybridized carbons (Fsp3) is 0.280. The zero-order valence-corrected chi connectivity index (χ0v) is 72.0. The predicted molar refractivity (Wildman–Crippen MR) is 484 cm³/mol. The molecule has 0 heterocycles. The Kier molecular flexibility index (Phi) is 18.5. The first-order valence-electron chi connectivity index (χ1n) is 38.8. The van der Waals surface area contributed by atoms with Crippen molar-refractivity contribution in [3.8, 4) is 33.4 Å². The highest BCUT2D eigenvalue weighted by atomic mass is 28.3. The number of nitrogens with zero attached hydrogens (tertiary/aromatic N) is 2. The van der Waals surface area contributed by atoms with Crippen LogP contribution in [-0.2, 0) is 21.7 Å². The van der Waals surface area contributed by atoms with Crippen molar-refractivity contribution in [1.29, 1.82) is 0 Å². The molecule has 0 saturated carbocycles. The lowest BCUT2D eigenvalue weighted by molar-refractivity contribution is 0.568. The quantitative estimate of drug-likeness (QED) is 0.0838. The highest BCUT2D eigenvalue weighted by Crippen LogP contribution is 2.56. The molecule has 0 saturated heterocycles. The molecule has 0 radical (unpaired) electrons. The molecule has 106 heavy (non-hydrogen) atoms. The van der Waals surface area contributed by atoms with Crippen LogP contribution >= 0.6 is 0 Å². The van der Waals surface area contributed by atoms with Crippen molar-refractivity contribution >= 4 is 152 Å². The maximum absolute atomic E-state index is 2.74. The first-order chi connectivity index (χ1) is 49.6. The second-order valence-electron chi connectivity index (χ2n) is 38.9. The summed E-state index contributed by atoms with van der Waals surface area (Å²) in [5, 5.41) is 20.6. The summed E-state index contributed by atoms with van der Waals surface area (Å²) in [5.41, 5.74) is 19.2. The van der Waals surface area contributed by atoms with Gasteiger partial charge in [0.25, 0.3) is 0 Å². The summed E-state index contributed by atoms with van der Waals surface area (Å²) in [5.74, 6) is 0. The van der Waals surface area contributed by atoms with Crippen LogP contribution in [-0.4, -0.2) is 32.3 Å². The Bertz CT molecular complexity index is 5170.